The van der Waals surface area contributed by atoms with Gasteiger partial charge in [-0.05, 0) is 39.8 Å². The molecule has 0 bridgehead atoms. The van der Waals surface area contributed by atoms with Crippen molar-refractivity contribution in [2.45, 2.75) is 45.7 Å². The lowest BCUT2D eigenvalue weighted by Crippen LogP contribution is -2.29. The minimum atomic E-state index is 0.343. The fraction of sp³-hybridized carbons (Fsp3) is 0.750. The van der Waals surface area contributed by atoms with Crippen LogP contribution in [0.1, 0.15) is 44.8 Å². The number of likely N-dealkylation sites (tertiary alicyclic amines) is 1. The lowest BCUT2D eigenvalue weighted by atomic mass is 10.1. The van der Waals surface area contributed by atoms with Gasteiger partial charge in [0.25, 0.3) is 0 Å². The first kappa shape index (κ1) is 11.5. The number of aromatic nitrogens is 2. The van der Waals surface area contributed by atoms with Crippen LogP contribution in [-0.4, -0.2) is 27.8 Å². The molecule has 2 rings (SSSR count). The molecule has 0 spiro atoms. The van der Waals surface area contributed by atoms with E-state index >= 15 is 0 Å². The highest BCUT2D eigenvalue weighted by Gasteiger charge is 2.13. The number of nitrogens with two attached hydrogens (primary N) is 1. The van der Waals surface area contributed by atoms with E-state index in [-0.39, 0.29) is 0 Å². The molecule has 1 aliphatic rings. The van der Waals surface area contributed by atoms with Gasteiger partial charge in [0.2, 0.25) is 0 Å². The van der Waals surface area contributed by atoms with Crippen LogP contribution < -0.4 is 5.73 Å². The maximum absolute atomic E-state index is 5.93. The summed E-state index contributed by atoms with van der Waals surface area (Å²) in [6, 6.07) is 2.35. The van der Waals surface area contributed by atoms with Gasteiger partial charge in [-0.15, -0.1) is 0 Å². The van der Waals surface area contributed by atoms with E-state index in [4.69, 9.17) is 5.73 Å². The summed E-state index contributed by atoms with van der Waals surface area (Å²) in [5.74, 6) is 0.780. The Bertz CT molecular complexity index is 337. The van der Waals surface area contributed by atoms with Crippen molar-refractivity contribution < 1.29 is 0 Å². The summed E-state index contributed by atoms with van der Waals surface area (Å²) in [6.45, 7) is 7.56. The zero-order chi connectivity index (χ0) is 11.5. The summed E-state index contributed by atoms with van der Waals surface area (Å²) in [5, 5.41) is 4.55. The van der Waals surface area contributed by atoms with E-state index in [1.807, 2.05) is 10.7 Å². The topological polar surface area (TPSA) is 47.1 Å². The van der Waals surface area contributed by atoms with Gasteiger partial charge < -0.3 is 5.73 Å². The average molecular weight is 222 g/mol. The second-order valence-corrected chi connectivity index (χ2v) is 4.94. The Balaban J connectivity index is 2.01. The third kappa shape index (κ3) is 2.55. The van der Waals surface area contributed by atoms with Gasteiger partial charge in [0.15, 0.2) is 0 Å². The molecule has 2 heterocycles. The second-order valence-electron chi connectivity index (χ2n) is 4.94. The molecule has 1 aliphatic heterocycles. The SMILES string of the molecule is CC(C)n1nc(CN2CCCCC2)cc1N. The maximum Gasteiger partial charge on any atom is 0.122 e. The Morgan fingerprint density at radius 3 is 2.56 bits per heavy atom. The van der Waals surface area contributed by atoms with Gasteiger partial charge in [-0.3, -0.25) is 4.90 Å². The van der Waals surface area contributed by atoms with Crippen LogP contribution in [0.3, 0.4) is 0 Å². The van der Waals surface area contributed by atoms with Crippen LogP contribution in [0.2, 0.25) is 0 Å². The molecule has 0 unspecified atom stereocenters. The third-order valence-corrected chi connectivity index (χ3v) is 3.14. The van der Waals surface area contributed by atoms with Crippen LogP contribution in [0, 0.1) is 0 Å². The minimum Gasteiger partial charge on any atom is -0.384 e. The Hall–Kier alpha value is -1.03. The molecule has 4 nitrogen and oxygen atoms in total. The first-order valence-electron chi connectivity index (χ1n) is 6.23. The summed E-state index contributed by atoms with van der Waals surface area (Å²) >= 11 is 0. The second kappa shape index (κ2) is 4.87. The van der Waals surface area contributed by atoms with Crippen molar-refractivity contribution >= 4 is 5.82 Å². The lowest BCUT2D eigenvalue weighted by molar-refractivity contribution is 0.217. The van der Waals surface area contributed by atoms with E-state index in [0.29, 0.717) is 6.04 Å². The van der Waals surface area contributed by atoms with Gasteiger partial charge in [-0.2, -0.15) is 5.10 Å². The molecule has 0 saturated carbocycles. The number of nitrogens with zero attached hydrogens (tertiary/aromatic N) is 3. The van der Waals surface area contributed by atoms with E-state index in [1.54, 1.807) is 0 Å². The van der Waals surface area contributed by atoms with Crippen molar-refractivity contribution in [2.24, 2.45) is 0 Å². The highest BCUT2D eigenvalue weighted by molar-refractivity contribution is 5.31. The summed E-state index contributed by atoms with van der Waals surface area (Å²) < 4.78 is 1.90. The smallest absolute Gasteiger partial charge is 0.122 e. The highest BCUT2D eigenvalue weighted by atomic mass is 15.3. The predicted octanol–water partition coefficient (Wildman–Crippen LogP) is 2.03. The molecule has 0 radical (unpaired) electrons. The number of hydrogen-bond donors (Lipinski definition) is 1. The first-order valence-corrected chi connectivity index (χ1v) is 6.23. The van der Waals surface area contributed by atoms with Gasteiger partial charge in [0.05, 0.1) is 5.69 Å². The molecule has 0 atom stereocenters. The van der Waals surface area contributed by atoms with E-state index in [1.165, 1.54) is 32.4 Å². The molecular weight excluding hydrogens is 200 g/mol. The highest BCUT2D eigenvalue weighted by Crippen LogP contribution is 2.16. The molecule has 1 aromatic heterocycles. The molecule has 1 aromatic rings. The van der Waals surface area contributed by atoms with Crippen LogP contribution in [0.4, 0.5) is 5.82 Å². The van der Waals surface area contributed by atoms with Crippen LogP contribution in [0.25, 0.3) is 0 Å². The fourth-order valence-electron chi connectivity index (χ4n) is 2.30. The van der Waals surface area contributed by atoms with Gasteiger partial charge >= 0.3 is 0 Å². The van der Waals surface area contributed by atoms with E-state index in [0.717, 1.165) is 18.1 Å². The molecule has 0 aliphatic carbocycles. The van der Waals surface area contributed by atoms with Crippen molar-refractivity contribution in [2.75, 3.05) is 18.8 Å². The van der Waals surface area contributed by atoms with Crippen LogP contribution in [0.5, 0.6) is 0 Å². The van der Waals surface area contributed by atoms with Crippen LogP contribution in [0.15, 0.2) is 6.07 Å². The Kier molecular flexibility index (Phi) is 3.49. The summed E-state index contributed by atoms with van der Waals surface area (Å²) in [5.41, 5.74) is 7.03. The monoisotopic (exact) mass is 222 g/mol. The average Bonchev–Trinajstić information content (AvgIpc) is 2.61. The molecule has 1 fully saturated rings. The van der Waals surface area contributed by atoms with Crippen molar-refractivity contribution in [3.05, 3.63) is 11.8 Å². The van der Waals surface area contributed by atoms with Crippen molar-refractivity contribution in [3.8, 4) is 0 Å². The summed E-state index contributed by atoms with van der Waals surface area (Å²) in [4.78, 5) is 2.47. The van der Waals surface area contributed by atoms with Gasteiger partial charge in [-0.25, -0.2) is 4.68 Å². The Morgan fingerprint density at radius 1 is 1.31 bits per heavy atom. The maximum atomic E-state index is 5.93. The standard InChI is InChI=1S/C12H22N4/c1-10(2)16-12(13)8-11(14-16)9-15-6-4-3-5-7-15/h8,10H,3-7,9,13H2,1-2H3. The molecule has 0 amide bonds. The number of nitrogen functional groups attached to an aromatic ring is 1. The molecule has 16 heavy (non-hydrogen) atoms. The molecule has 2 N–H and O–H groups in total. The van der Waals surface area contributed by atoms with Crippen molar-refractivity contribution in [3.63, 3.8) is 0 Å². The van der Waals surface area contributed by atoms with Crippen molar-refractivity contribution in [1.82, 2.24) is 14.7 Å². The van der Waals surface area contributed by atoms with Crippen LogP contribution in [-0.2, 0) is 6.54 Å². The largest absolute Gasteiger partial charge is 0.384 e. The summed E-state index contributed by atoms with van der Waals surface area (Å²) in [7, 11) is 0. The fourth-order valence-corrected chi connectivity index (χ4v) is 2.30. The molecule has 90 valence electrons. The number of rotatable bonds is 3. The van der Waals surface area contributed by atoms with E-state index in [2.05, 4.69) is 23.8 Å². The van der Waals surface area contributed by atoms with Gasteiger partial charge in [0, 0.05) is 18.7 Å². The number of piperidine rings is 1. The Morgan fingerprint density at radius 2 is 2.00 bits per heavy atom. The lowest BCUT2D eigenvalue weighted by Gasteiger charge is -2.25. The number of hydrogen-bond acceptors (Lipinski definition) is 3. The molecular formula is C12H22N4. The predicted molar refractivity (Wildman–Crippen MR) is 66.2 cm³/mol. The zero-order valence-corrected chi connectivity index (χ0v) is 10.3. The van der Waals surface area contributed by atoms with Crippen LogP contribution >= 0.6 is 0 Å². The van der Waals surface area contributed by atoms with E-state index < -0.39 is 0 Å². The van der Waals surface area contributed by atoms with Gasteiger partial charge in [-0.1, -0.05) is 6.42 Å². The number of anilines is 1. The molecule has 4 heteroatoms. The minimum absolute atomic E-state index is 0.343. The normalized spacial score (nSPS) is 18.2. The van der Waals surface area contributed by atoms with Crippen molar-refractivity contribution in [1.29, 1.82) is 0 Å². The zero-order valence-electron chi connectivity index (χ0n) is 10.3. The van der Waals surface area contributed by atoms with Gasteiger partial charge in [0.1, 0.15) is 5.82 Å². The third-order valence-electron chi connectivity index (χ3n) is 3.14. The quantitative estimate of drug-likeness (QED) is 0.851. The molecule has 0 aromatic carbocycles. The summed E-state index contributed by atoms with van der Waals surface area (Å²) in [6.07, 6.45) is 4.01. The Labute approximate surface area is 97.4 Å². The molecule has 1 saturated heterocycles. The first-order chi connectivity index (χ1) is 7.66. The van der Waals surface area contributed by atoms with E-state index in [9.17, 15) is 0 Å².